The molecule has 2 atom stereocenters. The SMILES string of the molecule is CCC(C)CC(CC)NCC(=O)N1CCCC1. The molecular formula is C14H28N2O. The zero-order valence-corrected chi connectivity index (χ0v) is 11.7. The molecule has 0 aromatic heterocycles. The molecule has 3 nitrogen and oxygen atoms in total. The van der Waals surface area contributed by atoms with Gasteiger partial charge in [-0.25, -0.2) is 0 Å². The van der Waals surface area contributed by atoms with Crippen LogP contribution in [0.3, 0.4) is 0 Å². The summed E-state index contributed by atoms with van der Waals surface area (Å²) in [7, 11) is 0. The van der Waals surface area contributed by atoms with Gasteiger partial charge in [0, 0.05) is 19.1 Å². The molecule has 0 aliphatic carbocycles. The molecule has 1 aliphatic heterocycles. The highest BCUT2D eigenvalue weighted by molar-refractivity contribution is 5.78. The Kier molecular flexibility index (Phi) is 6.56. The number of nitrogens with zero attached hydrogens (tertiary/aromatic N) is 1. The van der Waals surface area contributed by atoms with Crippen molar-refractivity contribution in [3.05, 3.63) is 0 Å². The summed E-state index contributed by atoms with van der Waals surface area (Å²) in [5.41, 5.74) is 0. The van der Waals surface area contributed by atoms with E-state index in [2.05, 4.69) is 26.1 Å². The molecule has 1 aliphatic rings. The normalized spacial score (nSPS) is 19.4. The number of hydrogen-bond acceptors (Lipinski definition) is 2. The van der Waals surface area contributed by atoms with Gasteiger partial charge < -0.3 is 10.2 Å². The van der Waals surface area contributed by atoms with Gasteiger partial charge in [-0.05, 0) is 31.6 Å². The molecule has 1 saturated heterocycles. The highest BCUT2D eigenvalue weighted by atomic mass is 16.2. The average Bonchev–Trinajstić information content (AvgIpc) is 2.87. The van der Waals surface area contributed by atoms with E-state index >= 15 is 0 Å². The largest absolute Gasteiger partial charge is 0.342 e. The minimum Gasteiger partial charge on any atom is -0.342 e. The summed E-state index contributed by atoms with van der Waals surface area (Å²) in [4.78, 5) is 13.9. The van der Waals surface area contributed by atoms with Crippen molar-refractivity contribution >= 4 is 5.91 Å². The molecule has 1 N–H and O–H groups in total. The summed E-state index contributed by atoms with van der Waals surface area (Å²) >= 11 is 0. The summed E-state index contributed by atoms with van der Waals surface area (Å²) in [5, 5.41) is 3.42. The molecule has 0 aromatic carbocycles. The van der Waals surface area contributed by atoms with Crippen molar-refractivity contribution in [2.45, 2.75) is 58.9 Å². The van der Waals surface area contributed by atoms with Crippen molar-refractivity contribution < 1.29 is 4.79 Å². The summed E-state index contributed by atoms with van der Waals surface area (Å²) in [6.45, 7) is 9.15. The van der Waals surface area contributed by atoms with Crippen LogP contribution in [0.25, 0.3) is 0 Å². The molecule has 0 radical (unpaired) electrons. The van der Waals surface area contributed by atoms with Crippen LogP contribution in [0.1, 0.15) is 52.9 Å². The molecule has 100 valence electrons. The molecule has 0 saturated carbocycles. The van der Waals surface area contributed by atoms with Gasteiger partial charge >= 0.3 is 0 Å². The van der Waals surface area contributed by atoms with Crippen LogP contribution in [0.5, 0.6) is 0 Å². The van der Waals surface area contributed by atoms with Crippen LogP contribution < -0.4 is 5.32 Å². The lowest BCUT2D eigenvalue weighted by atomic mass is 9.98. The zero-order valence-electron chi connectivity index (χ0n) is 11.7. The van der Waals surface area contributed by atoms with Crippen LogP contribution in [0, 0.1) is 5.92 Å². The van der Waals surface area contributed by atoms with Crippen LogP contribution in [-0.4, -0.2) is 36.5 Å². The number of nitrogens with one attached hydrogen (secondary N) is 1. The van der Waals surface area contributed by atoms with Gasteiger partial charge in [0.05, 0.1) is 6.54 Å². The second-order valence-corrected chi connectivity index (χ2v) is 5.32. The van der Waals surface area contributed by atoms with E-state index in [1.54, 1.807) is 0 Å². The van der Waals surface area contributed by atoms with Crippen molar-refractivity contribution in [1.82, 2.24) is 10.2 Å². The summed E-state index contributed by atoms with van der Waals surface area (Å²) in [6, 6.07) is 0.497. The topological polar surface area (TPSA) is 32.3 Å². The van der Waals surface area contributed by atoms with Gasteiger partial charge in [-0.15, -0.1) is 0 Å². The fourth-order valence-corrected chi connectivity index (χ4v) is 2.36. The van der Waals surface area contributed by atoms with Gasteiger partial charge in [0.2, 0.25) is 5.91 Å². The second-order valence-electron chi connectivity index (χ2n) is 5.32. The fraction of sp³-hybridized carbons (Fsp3) is 0.929. The summed E-state index contributed by atoms with van der Waals surface area (Å²) in [6.07, 6.45) is 5.86. The van der Waals surface area contributed by atoms with Crippen molar-refractivity contribution in [2.75, 3.05) is 19.6 Å². The van der Waals surface area contributed by atoms with Crippen LogP contribution >= 0.6 is 0 Å². The molecule has 17 heavy (non-hydrogen) atoms. The Labute approximate surface area is 106 Å². The quantitative estimate of drug-likeness (QED) is 0.741. The van der Waals surface area contributed by atoms with Gasteiger partial charge in [-0.3, -0.25) is 4.79 Å². The lowest BCUT2D eigenvalue weighted by Crippen LogP contribution is -2.40. The molecular weight excluding hydrogens is 212 g/mol. The molecule has 0 spiro atoms. The van der Waals surface area contributed by atoms with E-state index in [1.807, 2.05) is 4.90 Å². The van der Waals surface area contributed by atoms with Crippen LogP contribution in [0.2, 0.25) is 0 Å². The van der Waals surface area contributed by atoms with Crippen LogP contribution in [0.4, 0.5) is 0 Å². The predicted molar refractivity (Wildman–Crippen MR) is 72.0 cm³/mol. The lowest BCUT2D eigenvalue weighted by Gasteiger charge is -2.22. The van der Waals surface area contributed by atoms with Crippen LogP contribution in [-0.2, 0) is 4.79 Å². The van der Waals surface area contributed by atoms with E-state index in [1.165, 1.54) is 25.7 Å². The number of carbonyl (C=O) groups is 1. The Balaban J connectivity index is 2.24. The van der Waals surface area contributed by atoms with E-state index in [4.69, 9.17) is 0 Å². The first kappa shape index (κ1) is 14.5. The zero-order chi connectivity index (χ0) is 12.7. The van der Waals surface area contributed by atoms with Gasteiger partial charge in [0.25, 0.3) is 0 Å². The lowest BCUT2D eigenvalue weighted by molar-refractivity contribution is -0.129. The minimum atomic E-state index is 0.283. The van der Waals surface area contributed by atoms with Gasteiger partial charge in [-0.1, -0.05) is 27.2 Å². The van der Waals surface area contributed by atoms with Gasteiger partial charge in [-0.2, -0.15) is 0 Å². The van der Waals surface area contributed by atoms with Crippen molar-refractivity contribution in [3.63, 3.8) is 0 Å². The molecule has 1 heterocycles. The van der Waals surface area contributed by atoms with Crippen LogP contribution in [0.15, 0.2) is 0 Å². The van der Waals surface area contributed by atoms with E-state index in [9.17, 15) is 4.79 Å². The second kappa shape index (κ2) is 7.70. The first-order valence-electron chi connectivity index (χ1n) is 7.18. The maximum atomic E-state index is 11.9. The summed E-state index contributed by atoms with van der Waals surface area (Å²) < 4.78 is 0. The predicted octanol–water partition coefficient (Wildman–Crippen LogP) is 2.41. The number of amides is 1. The smallest absolute Gasteiger partial charge is 0.236 e. The third kappa shape index (κ3) is 5.07. The third-order valence-electron chi connectivity index (χ3n) is 3.88. The Hall–Kier alpha value is -0.570. The Morgan fingerprint density at radius 2 is 1.88 bits per heavy atom. The first-order valence-corrected chi connectivity index (χ1v) is 7.18. The third-order valence-corrected chi connectivity index (χ3v) is 3.88. The number of rotatable bonds is 7. The Morgan fingerprint density at radius 1 is 1.24 bits per heavy atom. The fourth-order valence-electron chi connectivity index (χ4n) is 2.36. The van der Waals surface area contributed by atoms with Crippen molar-refractivity contribution in [2.24, 2.45) is 5.92 Å². The average molecular weight is 240 g/mol. The maximum Gasteiger partial charge on any atom is 0.236 e. The molecule has 1 rings (SSSR count). The van der Waals surface area contributed by atoms with Gasteiger partial charge in [0.1, 0.15) is 0 Å². The number of hydrogen-bond donors (Lipinski definition) is 1. The molecule has 3 heteroatoms. The van der Waals surface area contributed by atoms with Crippen molar-refractivity contribution in [1.29, 1.82) is 0 Å². The monoisotopic (exact) mass is 240 g/mol. The summed E-state index contributed by atoms with van der Waals surface area (Å²) in [5.74, 6) is 1.03. The minimum absolute atomic E-state index is 0.283. The number of carbonyl (C=O) groups excluding carboxylic acids is 1. The van der Waals surface area contributed by atoms with E-state index < -0.39 is 0 Å². The Morgan fingerprint density at radius 3 is 2.41 bits per heavy atom. The highest BCUT2D eigenvalue weighted by Gasteiger charge is 2.18. The molecule has 0 bridgehead atoms. The molecule has 1 amide bonds. The maximum absolute atomic E-state index is 11.9. The highest BCUT2D eigenvalue weighted by Crippen LogP contribution is 2.12. The van der Waals surface area contributed by atoms with E-state index in [0.29, 0.717) is 12.6 Å². The molecule has 0 aromatic rings. The standard InChI is InChI=1S/C14H28N2O/c1-4-12(3)10-13(5-2)15-11-14(17)16-8-6-7-9-16/h12-13,15H,4-11H2,1-3H3. The molecule has 1 fully saturated rings. The van der Waals surface area contributed by atoms with Crippen molar-refractivity contribution in [3.8, 4) is 0 Å². The first-order chi connectivity index (χ1) is 8.17. The van der Waals surface area contributed by atoms with E-state index in [0.717, 1.165) is 25.4 Å². The van der Waals surface area contributed by atoms with Gasteiger partial charge in [0.15, 0.2) is 0 Å². The molecule has 2 unspecified atom stereocenters. The Bertz CT molecular complexity index is 224. The number of likely N-dealkylation sites (tertiary alicyclic amines) is 1. The van der Waals surface area contributed by atoms with E-state index in [-0.39, 0.29) is 5.91 Å².